The Morgan fingerprint density at radius 1 is 1.11 bits per heavy atom. The molecule has 0 aliphatic carbocycles. The molecule has 0 saturated carbocycles. The number of primary sulfonamides is 1. The van der Waals surface area contributed by atoms with E-state index in [1.807, 2.05) is 32.9 Å². The highest BCUT2D eigenvalue weighted by Crippen LogP contribution is 2.26. The van der Waals surface area contributed by atoms with Crippen molar-refractivity contribution >= 4 is 32.6 Å². The predicted molar refractivity (Wildman–Crippen MR) is 105 cm³/mol. The molecule has 3 aromatic rings. The zero-order valence-corrected chi connectivity index (χ0v) is 16.3. The number of nitrogens with one attached hydrogen (secondary N) is 1. The number of carbonyl (C=O) groups is 1. The number of hydrogen-bond acceptors (Lipinski definition) is 4. The van der Waals surface area contributed by atoms with E-state index in [-0.39, 0.29) is 17.2 Å². The normalized spacial score (nSPS) is 11.7. The summed E-state index contributed by atoms with van der Waals surface area (Å²) in [5.74, 6) is -0.263. The number of sulfonamides is 1. The van der Waals surface area contributed by atoms with Gasteiger partial charge in [0.1, 0.15) is 5.58 Å². The minimum Gasteiger partial charge on any atom is -0.464 e. The third kappa shape index (κ3) is 4.04. The average Bonchev–Trinajstić information content (AvgIpc) is 2.96. The van der Waals surface area contributed by atoms with Gasteiger partial charge in [0.2, 0.25) is 15.9 Å². The molecule has 0 unspecified atom stereocenters. The van der Waals surface area contributed by atoms with Gasteiger partial charge in [-0.15, -0.1) is 0 Å². The molecule has 0 aliphatic rings. The average molecular weight is 386 g/mol. The maximum atomic E-state index is 12.5. The van der Waals surface area contributed by atoms with Crippen LogP contribution in [-0.2, 0) is 27.7 Å². The second-order valence-electron chi connectivity index (χ2n) is 6.64. The van der Waals surface area contributed by atoms with Crippen LogP contribution in [0.1, 0.15) is 29.2 Å². The van der Waals surface area contributed by atoms with Gasteiger partial charge in [0.05, 0.1) is 17.6 Å². The van der Waals surface area contributed by atoms with E-state index < -0.39 is 10.0 Å². The van der Waals surface area contributed by atoms with Gasteiger partial charge < -0.3 is 9.73 Å². The summed E-state index contributed by atoms with van der Waals surface area (Å²) in [5, 5.41) is 8.91. The third-order valence-corrected chi connectivity index (χ3v) is 5.65. The number of amides is 1. The van der Waals surface area contributed by atoms with Gasteiger partial charge in [0, 0.05) is 16.6 Å². The number of aryl methyl sites for hydroxylation is 3. The van der Waals surface area contributed by atoms with Gasteiger partial charge in [-0.25, -0.2) is 13.6 Å². The second kappa shape index (κ2) is 7.17. The lowest BCUT2D eigenvalue weighted by atomic mass is 10.0. The molecule has 1 amide bonds. The Hall–Kier alpha value is -2.64. The van der Waals surface area contributed by atoms with E-state index >= 15 is 0 Å². The van der Waals surface area contributed by atoms with Crippen LogP contribution in [0.25, 0.3) is 11.0 Å². The van der Waals surface area contributed by atoms with Crippen LogP contribution in [0, 0.1) is 13.8 Å². The first-order chi connectivity index (χ1) is 12.7. The Morgan fingerprint density at radius 2 is 1.81 bits per heavy atom. The minimum atomic E-state index is -3.86. The fourth-order valence-corrected chi connectivity index (χ4v) is 3.91. The van der Waals surface area contributed by atoms with Crippen molar-refractivity contribution in [3.63, 3.8) is 0 Å². The maximum Gasteiger partial charge on any atom is 0.238 e. The summed E-state index contributed by atoms with van der Waals surface area (Å²) in [6, 6.07) is 8.69. The largest absolute Gasteiger partial charge is 0.464 e. The number of fused-ring (bicyclic) bond motifs is 1. The molecule has 0 fully saturated rings. The van der Waals surface area contributed by atoms with E-state index in [9.17, 15) is 13.2 Å². The summed E-state index contributed by atoms with van der Waals surface area (Å²) in [4.78, 5) is 12.5. The van der Waals surface area contributed by atoms with Crippen molar-refractivity contribution < 1.29 is 17.6 Å². The fraction of sp³-hybridized carbons (Fsp3) is 0.250. The molecule has 3 rings (SSSR count). The van der Waals surface area contributed by atoms with Crippen molar-refractivity contribution in [1.82, 2.24) is 0 Å². The van der Waals surface area contributed by atoms with Crippen molar-refractivity contribution in [2.24, 2.45) is 5.14 Å². The molecular weight excluding hydrogens is 364 g/mol. The molecule has 27 heavy (non-hydrogen) atoms. The monoisotopic (exact) mass is 386 g/mol. The number of rotatable bonds is 5. The van der Waals surface area contributed by atoms with Gasteiger partial charge >= 0.3 is 0 Å². The molecule has 1 heterocycles. The van der Waals surface area contributed by atoms with Crippen LogP contribution in [0.5, 0.6) is 0 Å². The summed E-state index contributed by atoms with van der Waals surface area (Å²) in [6.45, 7) is 5.86. The smallest absolute Gasteiger partial charge is 0.238 e. The Labute approximate surface area is 158 Å². The van der Waals surface area contributed by atoms with Gasteiger partial charge in [-0.3, -0.25) is 4.79 Å². The zero-order chi connectivity index (χ0) is 19.8. The van der Waals surface area contributed by atoms with E-state index in [1.165, 1.54) is 6.07 Å². The van der Waals surface area contributed by atoms with E-state index in [0.717, 1.165) is 27.7 Å². The fourth-order valence-electron chi connectivity index (χ4n) is 3.04. The first-order valence-electron chi connectivity index (χ1n) is 8.62. The number of hydrogen-bond donors (Lipinski definition) is 2. The topological polar surface area (TPSA) is 102 Å². The summed E-state index contributed by atoms with van der Waals surface area (Å²) in [5.41, 5.74) is 4.77. The molecule has 0 atom stereocenters. The van der Waals surface area contributed by atoms with Gasteiger partial charge in [-0.2, -0.15) is 0 Å². The Balaban J connectivity index is 1.84. The Kier molecular flexibility index (Phi) is 5.08. The summed E-state index contributed by atoms with van der Waals surface area (Å²) in [6.07, 6.45) is 2.23. The Morgan fingerprint density at radius 3 is 2.48 bits per heavy atom. The molecule has 1 aromatic heterocycles. The van der Waals surface area contributed by atoms with Crippen LogP contribution >= 0.6 is 0 Å². The number of nitrogens with two attached hydrogens (primary N) is 1. The number of benzene rings is 2. The van der Waals surface area contributed by atoms with Crippen LogP contribution in [0.4, 0.5) is 5.69 Å². The SMILES string of the molecule is CCc1ccc(NC(=O)Cc2coc3cc(C)c(C)cc23)cc1S(N)(=O)=O. The zero-order valence-electron chi connectivity index (χ0n) is 15.5. The number of carbonyl (C=O) groups excluding carboxylic acids is 1. The van der Waals surface area contributed by atoms with Crippen molar-refractivity contribution in [2.75, 3.05) is 5.32 Å². The molecular formula is C20H22N2O4S. The van der Waals surface area contributed by atoms with Gasteiger partial charge in [0.25, 0.3) is 0 Å². The number of furan rings is 1. The van der Waals surface area contributed by atoms with Crippen LogP contribution in [0.15, 0.2) is 45.9 Å². The second-order valence-corrected chi connectivity index (χ2v) is 8.17. The lowest BCUT2D eigenvalue weighted by molar-refractivity contribution is -0.115. The van der Waals surface area contributed by atoms with E-state index in [1.54, 1.807) is 18.4 Å². The molecule has 0 aliphatic heterocycles. The lowest BCUT2D eigenvalue weighted by Gasteiger charge is -2.10. The summed E-state index contributed by atoms with van der Waals surface area (Å²) < 4.78 is 29.1. The van der Waals surface area contributed by atoms with Crippen LogP contribution in [0.2, 0.25) is 0 Å². The molecule has 0 saturated heterocycles. The van der Waals surface area contributed by atoms with E-state index in [4.69, 9.17) is 9.56 Å². The van der Waals surface area contributed by atoms with Crippen LogP contribution in [-0.4, -0.2) is 14.3 Å². The molecule has 3 N–H and O–H groups in total. The van der Waals surface area contributed by atoms with Gasteiger partial charge in [-0.1, -0.05) is 13.0 Å². The summed E-state index contributed by atoms with van der Waals surface area (Å²) in [7, 11) is -3.86. The highest BCUT2D eigenvalue weighted by atomic mass is 32.2. The minimum absolute atomic E-state index is 0.0302. The Bertz CT molecular complexity index is 1130. The molecule has 142 valence electrons. The highest BCUT2D eigenvalue weighted by Gasteiger charge is 2.16. The van der Waals surface area contributed by atoms with Crippen molar-refractivity contribution in [1.29, 1.82) is 0 Å². The quantitative estimate of drug-likeness (QED) is 0.701. The maximum absolute atomic E-state index is 12.5. The third-order valence-electron chi connectivity index (χ3n) is 4.66. The van der Waals surface area contributed by atoms with E-state index in [2.05, 4.69) is 5.32 Å². The molecule has 0 bridgehead atoms. The van der Waals surface area contributed by atoms with Crippen molar-refractivity contribution in [3.8, 4) is 0 Å². The van der Waals surface area contributed by atoms with E-state index in [0.29, 0.717) is 17.7 Å². The molecule has 2 aromatic carbocycles. The van der Waals surface area contributed by atoms with Crippen molar-refractivity contribution in [2.45, 2.75) is 38.5 Å². The highest BCUT2D eigenvalue weighted by molar-refractivity contribution is 7.89. The van der Waals surface area contributed by atoms with Gasteiger partial charge in [-0.05, 0) is 61.2 Å². The molecule has 7 heteroatoms. The molecule has 6 nitrogen and oxygen atoms in total. The van der Waals surface area contributed by atoms with Crippen LogP contribution < -0.4 is 10.5 Å². The van der Waals surface area contributed by atoms with Crippen LogP contribution in [0.3, 0.4) is 0 Å². The van der Waals surface area contributed by atoms with Crippen molar-refractivity contribution in [3.05, 3.63) is 58.8 Å². The predicted octanol–water partition coefficient (Wildman–Crippen LogP) is 3.44. The first-order valence-corrected chi connectivity index (χ1v) is 10.2. The standard InChI is InChI=1S/C20H22N2O4S/c1-4-14-5-6-16(10-19(14)27(21,24)25)22-20(23)9-15-11-26-18-8-13(3)12(2)7-17(15)18/h5-8,10-11H,4,9H2,1-3H3,(H,22,23)(H2,21,24,25). The first kappa shape index (κ1) is 19.1. The lowest BCUT2D eigenvalue weighted by Crippen LogP contribution is -2.17. The molecule has 0 spiro atoms. The van der Waals surface area contributed by atoms with Gasteiger partial charge in [0.15, 0.2) is 0 Å². The summed E-state index contributed by atoms with van der Waals surface area (Å²) >= 11 is 0. The molecule has 0 radical (unpaired) electrons. The number of anilines is 1.